The first-order valence-electron chi connectivity index (χ1n) is 5.80. The van der Waals surface area contributed by atoms with Gasteiger partial charge >= 0.3 is 5.97 Å². The third-order valence-corrected chi connectivity index (χ3v) is 2.78. The van der Waals surface area contributed by atoms with Gasteiger partial charge in [-0.1, -0.05) is 13.8 Å². The third-order valence-electron chi connectivity index (χ3n) is 2.78. The van der Waals surface area contributed by atoms with E-state index in [0.717, 1.165) is 0 Å². The van der Waals surface area contributed by atoms with Crippen molar-refractivity contribution in [3.05, 3.63) is 17.9 Å². The summed E-state index contributed by atoms with van der Waals surface area (Å²) in [7, 11) is 2.86. The van der Waals surface area contributed by atoms with E-state index in [4.69, 9.17) is 4.42 Å². The highest BCUT2D eigenvalue weighted by atomic mass is 16.5. The van der Waals surface area contributed by atoms with Crippen molar-refractivity contribution in [2.75, 3.05) is 19.1 Å². The number of furan rings is 1. The first-order chi connectivity index (χ1) is 8.38. The molecular weight excluding hydrogens is 234 g/mol. The quantitative estimate of drug-likeness (QED) is 0.608. The van der Waals surface area contributed by atoms with E-state index < -0.39 is 11.9 Å². The zero-order chi connectivity index (χ0) is 13.9. The number of nitrogens with zero attached hydrogens (tertiary/aromatic N) is 1. The Labute approximate surface area is 107 Å². The molecule has 0 aliphatic heterocycles. The first-order valence-corrected chi connectivity index (χ1v) is 5.80. The van der Waals surface area contributed by atoms with Crippen LogP contribution in [0.15, 0.2) is 16.5 Å². The highest BCUT2D eigenvalue weighted by molar-refractivity contribution is 6.05. The summed E-state index contributed by atoms with van der Waals surface area (Å²) < 4.78 is 10.0. The van der Waals surface area contributed by atoms with Crippen LogP contribution in [0.3, 0.4) is 0 Å². The minimum Gasteiger partial charge on any atom is -0.468 e. The van der Waals surface area contributed by atoms with Gasteiger partial charge < -0.3 is 9.15 Å². The van der Waals surface area contributed by atoms with Crippen molar-refractivity contribution in [3.63, 3.8) is 0 Å². The Kier molecular flexibility index (Phi) is 4.53. The van der Waals surface area contributed by atoms with Crippen LogP contribution < -0.4 is 4.90 Å². The molecule has 5 nitrogen and oxygen atoms in total. The lowest BCUT2D eigenvalue weighted by molar-refractivity contribution is -0.151. The van der Waals surface area contributed by atoms with Gasteiger partial charge in [0.15, 0.2) is 0 Å². The maximum Gasteiger partial charge on any atom is 0.318 e. The molecule has 0 N–H and O–H groups in total. The molecule has 1 rings (SSSR count). The average Bonchev–Trinajstić information content (AvgIpc) is 2.74. The van der Waals surface area contributed by atoms with Crippen LogP contribution in [0.4, 0.5) is 5.88 Å². The largest absolute Gasteiger partial charge is 0.468 e. The Morgan fingerprint density at radius 3 is 2.33 bits per heavy atom. The van der Waals surface area contributed by atoms with Crippen LogP contribution in [0.1, 0.15) is 19.6 Å². The minimum absolute atomic E-state index is 0.136. The Morgan fingerprint density at radius 2 is 1.94 bits per heavy atom. The van der Waals surface area contributed by atoms with Crippen molar-refractivity contribution < 1.29 is 18.7 Å². The first kappa shape index (κ1) is 14.3. The number of anilines is 1. The summed E-state index contributed by atoms with van der Waals surface area (Å²) in [5, 5.41) is 0. The van der Waals surface area contributed by atoms with E-state index in [9.17, 15) is 9.59 Å². The lowest BCUT2D eigenvalue weighted by Gasteiger charge is -2.22. The van der Waals surface area contributed by atoms with E-state index in [1.807, 2.05) is 0 Å². The van der Waals surface area contributed by atoms with E-state index >= 15 is 0 Å². The fraction of sp³-hybridized carbons (Fsp3) is 0.538. The van der Waals surface area contributed by atoms with Crippen molar-refractivity contribution in [3.8, 4) is 0 Å². The van der Waals surface area contributed by atoms with Crippen molar-refractivity contribution in [1.29, 1.82) is 0 Å². The van der Waals surface area contributed by atoms with Crippen molar-refractivity contribution in [2.24, 2.45) is 11.8 Å². The zero-order valence-corrected chi connectivity index (χ0v) is 11.4. The number of carbonyl (C=O) groups excluding carboxylic acids is 2. The number of amides is 1. The lowest BCUT2D eigenvalue weighted by atomic mass is 9.94. The van der Waals surface area contributed by atoms with Gasteiger partial charge in [0.05, 0.1) is 7.11 Å². The van der Waals surface area contributed by atoms with Crippen molar-refractivity contribution >= 4 is 17.8 Å². The van der Waals surface area contributed by atoms with E-state index in [-0.39, 0.29) is 11.8 Å². The van der Waals surface area contributed by atoms with Crippen LogP contribution >= 0.6 is 0 Å². The van der Waals surface area contributed by atoms with Crippen LogP contribution in [0.2, 0.25) is 0 Å². The third kappa shape index (κ3) is 2.91. The van der Waals surface area contributed by atoms with Gasteiger partial charge in [-0.2, -0.15) is 0 Å². The number of ether oxygens (including phenoxy) is 1. The molecule has 18 heavy (non-hydrogen) atoms. The molecule has 0 saturated heterocycles. The summed E-state index contributed by atoms with van der Waals surface area (Å²) in [6, 6.07) is 3.46. The van der Waals surface area contributed by atoms with Gasteiger partial charge in [0.2, 0.25) is 11.8 Å². The number of esters is 1. The fourth-order valence-electron chi connectivity index (χ4n) is 1.70. The maximum absolute atomic E-state index is 12.3. The molecule has 0 spiro atoms. The Morgan fingerprint density at radius 1 is 1.33 bits per heavy atom. The monoisotopic (exact) mass is 253 g/mol. The fourth-order valence-corrected chi connectivity index (χ4v) is 1.70. The molecule has 1 amide bonds. The number of hydrogen-bond acceptors (Lipinski definition) is 4. The van der Waals surface area contributed by atoms with E-state index in [1.54, 1.807) is 40.0 Å². The second-order valence-electron chi connectivity index (χ2n) is 4.53. The number of methoxy groups -OCH3 is 1. The van der Waals surface area contributed by atoms with Gasteiger partial charge in [0.25, 0.3) is 0 Å². The van der Waals surface area contributed by atoms with Gasteiger partial charge in [-0.05, 0) is 18.9 Å². The Hall–Kier alpha value is -1.78. The number of aryl methyl sites for hydroxylation is 1. The van der Waals surface area contributed by atoms with Crippen LogP contribution in [0.5, 0.6) is 0 Å². The number of hydrogen-bond donors (Lipinski definition) is 0. The van der Waals surface area contributed by atoms with Gasteiger partial charge in [0.1, 0.15) is 11.7 Å². The highest BCUT2D eigenvalue weighted by Crippen LogP contribution is 2.22. The minimum atomic E-state index is -0.814. The normalized spacial score (nSPS) is 12.3. The summed E-state index contributed by atoms with van der Waals surface area (Å²) in [5.74, 6) is -0.666. The predicted molar refractivity (Wildman–Crippen MR) is 67.2 cm³/mol. The molecule has 1 aromatic heterocycles. The van der Waals surface area contributed by atoms with Gasteiger partial charge in [-0.3, -0.25) is 14.5 Å². The molecule has 0 aliphatic carbocycles. The van der Waals surface area contributed by atoms with Crippen LogP contribution in [-0.4, -0.2) is 26.0 Å². The molecule has 0 radical (unpaired) electrons. The summed E-state index contributed by atoms with van der Waals surface area (Å²) in [4.78, 5) is 25.2. The predicted octanol–water partition coefficient (Wildman–Crippen LogP) is 2.00. The topological polar surface area (TPSA) is 59.8 Å². The summed E-state index contributed by atoms with van der Waals surface area (Å²) in [5.41, 5.74) is 0. The van der Waals surface area contributed by atoms with Crippen molar-refractivity contribution in [1.82, 2.24) is 0 Å². The van der Waals surface area contributed by atoms with E-state index in [0.29, 0.717) is 11.6 Å². The van der Waals surface area contributed by atoms with Crippen LogP contribution in [-0.2, 0) is 14.3 Å². The number of rotatable bonds is 4. The molecule has 0 bridgehead atoms. The van der Waals surface area contributed by atoms with Gasteiger partial charge in [-0.15, -0.1) is 0 Å². The maximum atomic E-state index is 12.3. The smallest absolute Gasteiger partial charge is 0.318 e. The SMILES string of the molecule is COC(=O)C(C(=O)N(C)c1ccc(C)o1)C(C)C. The molecule has 0 fully saturated rings. The zero-order valence-electron chi connectivity index (χ0n) is 11.4. The molecule has 1 aromatic rings. The van der Waals surface area contributed by atoms with Gasteiger partial charge in [-0.25, -0.2) is 0 Å². The average molecular weight is 253 g/mol. The molecule has 1 unspecified atom stereocenters. The second-order valence-corrected chi connectivity index (χ2v) is 4.53. The van der Waals surface area contributed by atoms with E-state index in [2.05, 4.69) is 4.74 Å². The molecular formula is C13H19NO4. The number of carbonyl (C=O) groups is 2. The van der Waals surface area contributed by atoms with Gasteiger partial charge in [0, 0.05) is 13.1 Å². The standard InChI is InChI=1S/C13H19NO4/c1-8(2)11(13(16)17-5)12(15)14(4)10-7-6-9(3)18-10/h6-8,11H,1-5H3. The second kappa shape index (κ2) is 5.71. The van der Waals surface area contributed by atoms with Crippen LogP contribution in [0.25, 0.3) is 0 Å². The molecule has 1 atom stereocenters. The molecule has 0 aliphatic rings. The molecule has 0 aromatic carbocycles. The molecule has 5 heteroatoms. The molecule has 100 valence electrons. The van der Waals surface area contributed by atoms with Crippen molar-refractivity contribution in [2.45, 2.75) is 20.8 Å². The van der Waals surface area contributed by atoms with E-state index in [1.165, 1.54) is 12.0 Å². The molecule has 1 heterocycles. The Bertz CT molecular complexity index is 436. The summed E-state index contributed by atoms with van der Waals surface area (Å²) in [6.45, 7) is 5.41. The summed E-state index contributed by atoms with van der Waals surface area (Å²) in [6.07, 6.45) is 0. The Balaban J connectivity index is 2.93. The van der Waals surface area contributed by atoms with Crippen LogP contribution in [0, 0.1) is 18.8 Å². The summed E-state index contributed by atoms with van der Waals surface area (Å²) >= 11 is 0. The molecule has 0 saturated carbocycles. The lowest BCUT2D eigenvalue weighted by Crippen LogP contribution is -2.40. The highest BCUT2D eigenvalue weighted by Gasteiger charge is 2.34.